The fourth-order valence-electron chi connectivity index (χ4n) is 11.0. The van der Waals surface area contributed by atoms with Crippen LogP contribution in [-0.4, -0.2) is 61.0 Å². The van der Waals surface area contributed by atoms with Gasteiger partial charge in [0.15, 0.2) is 0 Å². The number of ether oxygens (including phenoxy) is 5. The fraction of sp³-hybridized carbons (Fsp3) is 0.462. The number of benzene rings is 4. The largest absolute Gasteiger partial charge is 0.462 e. The minimum Gasteiger partial charge on any atom is -0.462 e. The zero-order valence-electron chi connectivity index (χ0n) is 36.7. The Kier molecular flexibility index (Phi) is 12.6. The standard InChI is InChI=1S/C52H60O9/c1-34-16-8-12-20-39(34)45(53)57-31-30-51(33-59-47(55)41-22-14-10-18-36(41)3)28-29-52(61-51)38(5)24-25-43-49(6,32-58-46(54)40-21-13-9-17-35(40)2)44(26-27-50(43,52)7)60-48(56)42-23-15-11-19-37(42)4/h8-23,38,43-44H,24-33H2,1-7H3/t38-,43+,44+,49+,50+,51+,52-/m1/s1. The molecule has 2 aliphatic carbocycles. The molecule has 0 aromatic heterocycles. The maximum absolute atomic E-state index is 13.9. The van der Waals surface area contributed by atoms with E-state index in [4.69, 9.17) is 23.7 Å². The summed E-state index contributed by atoms with van der Waals surface area (Å²) in [5.41, 5.74) is 2.40. The van der Waals surface area contributed by atoms with Gasteiger partial charge in [0.25, 0.3) is 0 Å². The Morgan fingerprint density at radius 1 is 0.574 bits per heavy atom. The van der Waals surface area contributed by atoms with Crippen LogP contribution in [0.25, 0.3) is 0 Å². The molecule has 3 aliphatic rings. The molecule has 1 heterocycles. The van der Waals surface area contributed by atoms with Gasteiger partial charge in [0.05, 0.1) is 34.5 Å². The highest BCUT2D eigenvalue weighted by atomic mass is 16.6. The number of carbonyl (C=O) groups is 4. The molecule has 7 rings (SSSR count). The molecule has 4 aromatic carbocycles. The van der Waals surface area contributed by atoms with Gasteiger partial charge in [-0.1, -0.05) is 93.6 Å². The summed E-state index contributed by atoms with van der Waals surface area (Å²) in [7, 11) is 0. The molecule has 0 N–H and O–H groups in total. The van der Waals surface area contributed by atoms with E-state index in [1.165, 1.54) is 0 Å². The Balaban J connectivity index is 1.21. The zero-order chi connectivity index (χ0) is 43.6. The third-order valence-electron chi connectivity index (χ3n) is 14.7. The number of fused-ring (bicyclic) bond motifs is 2. The van der Waals surface area contributed by atoms with Gasteiger partial charge in [-0.15, -0.1) is 0 Å². The van der Waals surface area contributed by atoms with Crippen LogP contribution in [0.1, 0.15) is 129 Å². The van der Waals surface area contributed by atoms with E-state index in [9.17, 15) is 19.2 Å². The second-order valence-electron chi connectivity index (χ2n) is 18.4. The van der Waals surface area contributed by atoms with Crippen molar-refractivity contribution in [1.29, 1.82) is 0 Å². The van der Waals surface area contributed by atoms with Crippen LogP contribution in [0.15, 0.2) is 97.1 Å². The monoisotopic (exact) mass is 828 g/mol. The molecule has 1 aliphatic heterocycles. The van der Waals surface area contributed by atoms with Crippen LogP contribution in [0.2, 0.25) is 0 Å². The topological polar surface area (TPSA) is 114 Å². The normalized spacial score (nSPS) is 28.1. The third kappa shape index (κ3) is 8.38. The third-order valence-corrected chi connectivity index (χ3v) is 14.7. The number of hydrogen-bond donors (Lipinski definition) is 0. The molecular formula is C52H60O9. The van der Waals surface area contributed by atoms with Crippen LogP contribution >= 0.6 is 0 Å². The van der Waals surface area contributed by atoms with Crippen LogP contribution in [0, 0.1) is 50.4 Å². The molecule has 1 saturated heterocycles. The molecule has 0 bridgehead atoms. The van der Waals surface area contributed by atoms with Crippen molar-refractivity contribution in [1.82, 2.24) is 0 Å². The van der Waals surface area contributed by atoms with Gasteiger partial charge in [-0.3, -0.25) is 0 Å². The number of hydrogen-bond acceptors (Lipinski definition) is 9. The summed E-state index contributed by atoms with van der Waals surface area (Å²) in [5, 5.41) is 0. The lowest BCUT2D eigenvalue weighted by molar-refractivity contribution is -0.271. The first-order valence-corrected chi connectivity index (χ1v) is 21.8. The van der Waals surface area contributed by atoms with Gasteiger partial charge in [0.1, 0.15) is 24.9 Å². The molecule has 9 nitrogen and oxygen atoms in total. The second-order valence-corrected chi connectivity index (χ2v) is 18.4. The van der Waals surface area contributed by atoms with Gasteiger partial charge in [0, 0.05) is 17.3 Å². The van der Waals surface area contributed by atoms with Gasteiger partial charge < -0.3 is 23.7 Å². The van der Waals surface area contributed by atoms with Crippen LogP contribution in [0.3, 0.4) is 0 Å². The molecule has 1 spiro atoms. The summed E-state index contributed by atoms with van der Waals surface area (Å²) in [6.45, 7) is 14.3. The van der Waals surface area contributed by atoms with Gasteiger partial charge in [-0.25, -0.2) is 19.2 Å². The summed E-state index contributed by atoms with van der Waals surface area (Å²) in [6, 6.07) is 29.5. The number of aryl methyl sites for hydroxylation is 4. The molecule has 4 aromatic rings. The van der Waals surface area contributed by atoms with Crippen molar-refractivity contribution in [3.63, 3.8) is 0 Å². The quantitative estimate of drug-likeness (QED) is 0.102. The van der Waals surface area contributed by atoms with Crippen LogP contribution < -0.4 is 0 Å². The molecule has 3 fully saturated rings. The van der Waals surface area contributed by atoms with Crippen molar-refractivity contribution >= 4 is 23.9 Å². The highest BCUT2D eigenvalue weighted by molar-refractivity contribution is 5.92. The molecule has 0 unspecified atom stereocenters. The van der Waals surface area contributed by atoms with Crippen molar-refractivity contribution in [3.8, 4) is 0 Å². The summed E-state index contributed by atoms with van der Waals surface area (Å²) in [4.78, 5) is 54.6. The maximum atomic E-state index is 13.9. The van der Waals surface area contributed by atoms with E-state index < -0.39 is 52.0 Å². The Hall–Kier alpha value is -5.28. The summed E-state index contributed by atoms with van der Waals surface area (Å²) < 4.78 is 32.4. The van der Waals surface area contributed by atoms with E-state index in [1.54, 1.807) is 24.3 Å². The lowest BCUT2D eigenvalue weighted by Crippen LogP contribution is -2.67. The van der Waals surface area contributed by atoms with Gasteiger partial charge in [-0.05, 0) is 125 Å². The zero-order valence-corrected chi connectivity index (χ0v) is 36.7. The maximum Gasteiger partial charge on any atom is 0.338 e. The molecule has 0 amide bonds. The van der Waals surface area contributed by atoms with Gasteiger partial charge >= 0.3 is 23.9 Å². The Morgan fingerprint density at radius 2 is 1.03 bits per heavy atom. The van der Waals surface area contributed by atoms with Crippen LogP contribution in [0.5, 0.6) is 0 Å². The van der Waals surface area contributed by atoms with E-state index >= 15 is 0 Å². The highest BCUT2D eigenvalue weighted by Crippen LogP contribution is 2.68. The predicted molar refractivity (Wildman–Crippen MR) is 233 cm³/mol. The van der Waals surface area contributed by atoms with Gasteiger partial charge in [0.2, 0.25) is 0 Å². The number of rotatable bonds is 12. The second kappa shape index (κ2) is 17.6. The van der Waals surface area contributed by atoms with Crippen molar-refractivity contribution in [2.45, 2.75) is 111 Å². The first-order chi connectivity index (χ1) is 29.1. The van der Waals surface area contributed by atoms with E-state index in [1.807, 2.05) is 100 Å². The van der Waals surface area contributed by atoms with E-state index in [0.717, 1.165) is 35.1 Å². The molecule has 2 saturated carbocycles. The predicted octanol–water partition coefficient (Wildman–Crippen LogP) is 10.5. The first kappa shape index (κ1) is 43.8. The smallest absolute Gasteiger partial charge is 0.338 e. The highest BCUT2D eigenvalue weighted by Gasteiger charge is 2.70. The number of carbonyl (C=O) groups excluding carboxylic acids is 4. The molecule has 0 radical (unpaired) electrons. The summed E-state index contributed by atoms with van der Waals surface area (Å²) in [6.07, 6.45) is 3.89. The molecule has 322 valence electrons. The number of esters is 4. The lowest BCUT2D eigenvalue weighted by Gasteiger charge is -2.65. The molecule has 7 atom stereocenters. The fourth-order valence-corrected chi connectivity index (χ4v) is 11.0. The molecule has 9 heteroatoms. The molecular weight excluding hydrogens is 769 g/mol. The SMILES string of the molecule is Cc1ccccc1C(=O)OCC[C@]1(COC(=O)c2ccccc2C)CC[C@@]2(O1)[C@H](C)CC[C@H]1[C@](C)(COC(=O)c3ccccc3C)[C@@H](OC(=O)c3ccccc3C)CC[C@@]12C. The first-order valence-electron chi connectivity index (χ1n) is 21.8. The molecule has 61 heavy (non-hydrogen) atoms. The van der Waals surface area contributed by atoms with Crippen molar-refractivity contribution in [2.24, 2.45) is 22.7 Å². The van der Waals surface area contributed by atoms with Gasteiger partial charge in [-0.2, -0.15) is 0 Å². The summed E-state index contributed by atoms with van der Waals surface area (Å²) in [5.74, 6) is -1.63. The Morgan fingerprint density at radius 3 is 1.54 bits per heavy atom. The minimum atomic E-state index is -0.953. The van der Waals surface area contributed by atoms with Crippen molar-refractivity contribution < 1.29 is 42.9 Å². The van der Waals surface area contributed by atoms with Crippen molar-refractivity contribution in [2.75, 3.05) is 19.8 Å². The van der Waals surface area contributed by atoms with Crippen LogP contribution in [0.4, 0.5) is 0 Å². The minimum absolute atomic E-state index is 0.0146. The Bertz CT molecular complexity index is 2280. The van der Waals surface area contributed by atoms with E-state index in [-0.39, 0.29) is 31.7 Å². The summed E-state index contributed by atoms with van der Waals surface area (Å²) >= 11 is 0. The van der Waals surface area contributed by atoms with E-state index in [0.29, 0.717) is 54.4 Å². The van der Waals surface area contributed by atoms with E-state index in [2.05, 4.69) is 20.8 Å². The average molecular weight is 829 g/mol. The van der Waals surface area contributed by atoms with Crippen molar-refractivity contribution in [3.05, 3.63) is 142 Å². The average Bonchev–Trinajstić information content (AvgIpc) is 3.64. The van der Waals surface area contributed by atoms with Crippen LogP contribution in [-0.2, 0) is 23.7 Å². The lowest BCUT2D eigenvalue weighted by atomic mass is 9.43. The Labute approximate surface area is 360 Å².